The molecule has 96 valence electrons. The molecule has 0 saturated carbocycles. The Hall–Kier alpha value is -2.18. The summed E-state index contributed by atoms with van der Waals surface area (Å²) in [4.78, 5) is 22.7. The molecule has 0 amide bonds. The van der Waals surface area contributed by atoms with Gasteiger partial charge in [-0.3, -0.25) is 10.1 Å². The number of non-ortho nitro benzene ring substituents is 1. The van der Waals surface area contributed by atoms with Crippen LogP contribution < -0.4 is 4.90 Å². The molecular weight excluding hydrogens is 243 g/mol. The van der Waals surface area contributed by atoms with Crippen LogP contribution in [0.15, 0.2) is 18.2 Å². The van der Waals surface area contributed by atoms with Crippen molar-refractivity contribution >= 4 is 17.3 Å². The number of hydrogen-bond acceptors (Lipinski definition) is 5. The van der Waals surface area contributed by atoms with E-state index in [1.807, 2.05) is 0 Å². The van der Waals surface area contributed by atoms with E-state index in [-0.39, 0.29) is 11.4 Å². The maximum Gasteiger partial charge on any atom is 0.328 e. The first-order valence-corrected chi connectivity index (χ1v) is 5.33. The van der Waals surface area contributed by atoms with E-state index in [0.29, 0.717) is 13.0 Å². The van der Waals surface area contributed by atoms with E-state index in [9.17, 15) is 19.3 Å². The lowest BCUT2D eigenvalue weighted by molar-refractivity contribution is -0.385. The topological polar surface area (TPSA) is 72.7 Å². The second-order valence-electron chi connectivity index (χ2n) is 3.91. The zero-order valence-electron chi connectivity index (χ0n) is 9.63. The lowest BCUT2D eigenvalue weighted by atomic mass is 10.0. The van der Waals surface area contributed by atoms with Gasteiger partial charge in [0.2, 0.25) is 0 Å². The smallest absolute Gasteiger partial charge is 0.328 e. The van der Waals surface area contributed by atoms with Gasteiger partial charge in [-0.25, -0.2) is 9.18 Å². The number of esters is 1. The van der Waals surface area contributed by atoms with Gasteiger partial charge in [-0.15, -0.1) is 0 Å². The number of anilines is 1. The summed E-state index contributed by atoms with van der Waals surface area (Å²) in [5.41, 5.74) is -0.131. The lowest BCUT2D eigenvalue weighted by Crippen LogP contribution is -2.53. The van der Waals surface area contributed by atoms with Crippen LogP contribution in [0.4, 0.5) is 15.8 Å². The highest BCUT2D eigenvalue weighted by Crippen LogP contribution is 2.31. The molecule has 1 atom stereocenters. The van der Waals surface area contributed by atoms with E-state index in [1.54, 1.807) is 0 Å². The number of nitrogens with zero attached hydrogens (tertiary/aromatic N) is 2. The van der Waals surface area contributed by atoms with E-state index in [0.717, 1.165) is 6.07 Å². The molecule has 1 aliphatic rings. The predicted octanol–water partition coefficient (Wildman–Crippen LogP) is 1.49. The van der Waals surface area contributed by atoms with Crippen molar-refractivity contribution in [2.45, 2.75) is 12.5 Å². The summed E-state index contributed by atoms with van der Waals surface area (Å²) in [6.45, 7) is 0.522. The van der Waals surface area contributed by atoms with Crippen LogP contribution in [0, 0.1) is 15.9 Å². The van der Waals surface area contributed by atoms with E-state index in [2.05, 4.69) is 4.74 Å². The van der Waals surface area contributed by atoms with Gasteiger partial charge < -0.3 is 9.64 Å². The average molecular weight is 254 g/mol. The van der Waals surface area contributed by atoms with Crippen LogP contribution in [0.2, 0.25) is 0 Å². The average Bonchev–Trinajstić information content (AvgIpc) is 2.29. The van der Waals surface area contributed by atoms with Gasteiger partial charge in [-0.1, -0.05) is 0 Å². The first-order chi connectivity index (χ1) is 8.54. The lowest BCUT2D eigenvalue weighted by Gasteiger charge is -2.40. The Kier molecular flexibility index (Phi) is 3.14. The van der Waals surface area contributed by atoms with Crippen LogP contribution in [0.3, 0.4) is 0 Å². The van der Waals surface area contributed by atoms with Gasteiger partial charge in [0.1, 0.15) is 6.04 Å². The van der Waals surface area contributed by atoms with Crippen molar-refractivity contribution in [1.29, 1.82) is 0 Å². The number of rotatable bonds is 3. The van der Waals surface area contributed by atoms with Gasteiger partial charge in [0.05, 0.1) is 23.8 Å². The predicted molar refractivity (Wildman–Crippen MR) is 60.8 cm³/mol. The second-order valence-corrected chi connectivity index (χ2v) is 3.91. The monoisotopic (exact) mass is 254 g/mol. The molecule has 1 fully saturated rings. The summed E-state index contributed by atoms with van der Waals surface area (Å²) in [5, 5.41) is 10.5. The Morgan fingerprint density at radius 3 is 2.78 bits per heavy atom. The highest BCUT2D eigenvalue weighted by molar-refractivity contribution is 5.82. The minimum absolute atomic E-state index is 0.183. The third-order valence-corrected chi connectivity index (χ3v) is 2.94. The van der Waals surface area contributed by atoms with Gasteiger partial charge in [-0.2, -0.15) is 0 Å². The van der Waals surface area contributed by atoms with Gasteiger partial charge in [0.25, 0.3) is 5.69 Å². The van der Waals surface area contributed by atoms with E-state index < -0.39 is 22.8 Å². The van der Waals surface area contributed by atoms with Crippen LogP contribution in [0.25, 0.3) is 0 Å². The quantitative estimate of drug-likeness (QED) is 0.464. The summed E-state index contributed by atoms with van der Waals surface area (Å²) in [6.07, 6.45) is 0.586. The Labute approximate surface area is 102 Å². The summed E-state index contributed by atoms with van der Waals surface area (Å²) in [5.74, 6) is -1.14. The number of benzene rings is 1. The Balaban J connectivity index is 2.24. The van der Waals surface area contributed by atoms with Crippen molar-refractivity contribution in [1.82, 2.24) is 0 Å². The zero-order valence-corrected chi connectivity index (χ0v) is 9.63. The Morgan fingerprint density at radius 1 is 1.61 bits per heavy atom. The molecule has 1 saturated heterocycles. The SMILES string of the molecule is COC(=O)C1CCN1c1ccc([N+](=O)[O-])cc1F. The maximum atomic E-state index is 13.7. The standard InChI is InChI=1S/C11H11FN2O4/c1-18-11(15)10-4-5-13(10)9-3-2-7(14(16)17)6-8(9)12/h2-3,6,10H,4-5H2,1H3. The summed E-state index contributed by atoms with van der Waals surface area (Å²) >= 11 is 0. The van der Waals surface area contributed by atoms with Crippen molar-refractivity contribution in [3.63, 3.8) is 0 Å². The van der Waals surface area contributed by atoms with E-state index >= 15 is 0 Å². The fourth-order valence-electron chi connectivity index (χ4n) is 1.90. The molecule has 18 heavy (non-hydrogen) atoms. The summed E-state index contributed by atoms with van der Waals surface area (Å²) in [6, 6.07) is 2.86. The molecule has 0 bridgehead atoms. The molecule has 1 unspecified atom stereocenters. The minimum Gasteiger partial charge on any atom is -0.467 e. The largest absolute Gasteiger partial charge is 0.467 e. The molecule has 1 aliphatic heterocycles. The number of methoxy groups -OCH3 is 1. The Bertz CT molecular complexity index is 506. The van der Waals surface area contributed by atoms with Gasteiger partial charge in [0.15, 0.2) is 5.82 Å². The summed E-state index contributed by atoms with van der Waals surface area (Å²) < 4.78 is 18.3. The van der Waals surface area contributed by atoms with Gasteiger partial charge >= 0.3 is 5.97 Å². The van der Waals surface area contributed by atoms with Crippen LogP contribution >= 0.6 is 0 Å². The van der Waals surface area contributed by atoms with Gasteiger partial charge in [0, 0.05) is 12.6 Å². The van der Waals surface area contributed by atoms with Gasteiger partial charge in [-0.05, 0) is 12.5 Å². The van der Waals surface area contributed by atoms with Crippen molar-refractivity contribution in [3.8, 4) is 0 Å². The number of carbonyl (C=O) groups is 1. The van der Waals surface area contributed by atoms with E-state index in [1.165, 1.54) is 24.1 Å². The number of nitro benzene ring substituents is 1. The molecule has 0 spiro atoms. The fraction of sp³-hybridized carbons (Fsp3) is 0.364. The highest BCUT2D eigenvalue weighted by atomic mass is 19.1. The number of ether oxygens (including phenoxy) is 1. The molecule has 0 radical (unpaired) electrons. The van der Waals surface area contributed by atoms with Crippen LogP contribution in [0.5, 0.6) is 0 Å². The molecule has 1 aromatic rings. The minimum atomic E-state index is -0.710. The zero-order chi connectivity index (χ0) is 13.3. The first-order valence-electron chi connectivity index (χ1n) is 5.33. The third-order valence-electron chi connectivity index (χ3n) is 2.94. The number of carbonyl (C=O) groups excluding carboxylic acids is 1. The highest BCUT2D eigenvalue weighted by Gasteiger charge is 2.36. The second kappa shape index (κ2) is 4.59. The molecule has 0 N–H and O–H groups in total. The van der Waals surface area contributed by atoms with E-state index in [4.69, 9.17) is 0 Å². The van der Waals surface area contributed by atoms with Crippen LogP contribution in [-0.4, -0.2) is 30.6 Å². The van der Waals surface area contributed by atoms with Crippen molar-refractivity contribution in [3.05, 3.63) is 34.1 Å². The molecule has 7 heteroatoms. The van der Waals surface area contributed by atoms with Crippen LogP contribution in [0.1, 0.15) is 6.42 Å². The molecular formula is C11H11FN2O4. The molecule has 0 aromatic heterocycles. The normalized spacial score (nSPS) is 18.1. The molecule has 6 nitrogen and oxygen atoms in total. The van der Waals surface area contributed by atoms with Crippen molar-refractivity contribution < 1.29 is 18.8 Å². The van der Waals surface area contributed by atoms with Crippen molar-refractivity contribution in [2.24, 2.45) is 0 Å². The molecule has 2 rings (SSSR count). The molecule has 1 aromatic carbocycles. The summed E-state index contributed by atoms with van der Waals surface area (Å²) in [7, 11) is 1.27. The maximum absolute atomic E-state index is 13.7. The van der Waals surface area contributed by atoms with Crippen LogP contribution in [-0.2, 0) is 9.53 Å². The number of hydrogen-bond donors (Lipinski definition) is 0. The van der Waals surface area contributed by atoms with Crippen molar-refractivity contribution in [2.75, 3.05) is 18.6 Å². The third kappa shape index (κ3) is 1.99. The number of halogens is 1. The molecule has 0 aliphatic carbocycles. The first kappa shape index (κ1) is 12.3. The Morgan fingerprint density at radius 2 is 2.33 bits per heavy atom. The fourth-order valence-corrected chi connectivity index (χ4v) is 1.90. The molecule has 1 heterocycles. The number of nitro groups is 1.